The number of nitrogens with one attached hydrogen (secondary N) is 3. The van der Waals surface area contributed by atoms with Crippen LogP contribution in [0.1, 0.15) is 32.9 Å². The maximum absolute atomic E-state index is 12.9. The molecule has 0 radical (unpaired) electrons. The quantitative estimate of drug-likeness (QED) is 0.304. The molecule has 11 heteroatoms. The van der Waals surface area contributed by atoms with Crippen molar-refractivity contribution in [2.45, 2.75) is 20.0 Å². The predicted octanol–water partition coefficient (Wildman–Crippen LogP) is 3.04. The number of nitrogens with zero attached hydrogens (tertiary/aromatic N) is 1. The van der Waals surface area contributed by atoms with E-state index in [0.29, 0.717) is 53.7 Å². The van der Waals surface area contributed by atoms with Crippen LogP contribution in [-0.2, 0) is 4.79 Å². The lowest BCUT2D eigenvalue weighted by Gasteiger charge is -2.41. The number of fused-ring (bicyclic) bond motifs is 1. The van der Waals surface area contributed by atoms with Gasteiger partial charge in [-0.15, -0.1) is 0 Å². The fourth-order valence-electron chi connectivity index (χ4n) is 4.32. The van der Waals surface area contributed by atoms with Gasteiger partial charge in [0.1, 0.15) is 0 Å². The van der Waals surface area contributed by atoms with Crippen molar-refractivity contribution >= 4 is 55.7 Å². The summed E-state index contributed by atoms with van der Waals surface area (Å²) >= 11 is 3.44. The van der Waals surface area contributed by atoms with Crippen LogP contribution >= 0.6 is 26.5 Å². The summed E-state index contributed by atoms with van der Waals surface area (Å²) in [6.07, 6.45) is 0.976. The Morgan fingerprint density at radius 3 is 2.71 bits per heavy atom. The molecule has 3 heterocycles. The van der Waals surface area contributed by atoms with Crippen LogP contribution in [0.25, 0.3) is 11.6 Å². The van der Waals surface area contributed by atoms with Gasteiger partial charge in [-0.1, -0.05) is 15.9 Å². The van der Waals surface area contributed by atoms with E-state index in [4.69, 9.17) is 0 Å². The third-order valence-corrected chi connectivity index (χ3v) is 8.36. The summed E-state index contributed by atoms with van der Waals surface area (Å²) in [5.41, 5.74) is 4.60. The number of benzene rings is 1. The third-order valence-electron chi connectivity index (χ3n) is 6.19. The predicted molar refractivity (Wildman–Crippen MR) is 138 cm³/mol. The number of aliphatic hydroxyl groups excluding tert-OH is 1. The van der Waals surface area contributed by atoms with Gasteiger partial charge < -0.3 is 20.7 Å². The molecule has 0 aliphatic carbocycles. The van der Waals surface area contributed by atoms with Crippen molar-refractivity contribution < 1.29 is 23.8 Å². The number of aliphatic hydroxyl groups is 1. The van der Waals surface area contributed by atoms with Crippen LogP contribution in [0.2, 0.25) is 0 Å². The van der Waals surface area contributed by atoms with Crippen LogP contribution in [0.5, 0.6) is 0 Å². The van der Waals surface area contributed by atoms with Crippen molar-refractivity contribution in [1.29, 1.82) is 0 Å². The molecule has 6 N–H and O–H groups in total. The maximum atomic E-state index is 12.9. The summed E-state index contributed by atoms with van der Waals surface area (Å²) in [7, 11) is -2.48. The maximum Gasteiger partial charge on any atom is 0.256 e. The number of halogens is 1. The normalized spacial score (nSPS) is 20.6. The lowest BCUT2D eigenvalue weighted by molar-refractivity contribution is -0.110. The van der Waals surface area contributed by atoms with Crippen LogP contribution in [0.15, 0.2) is 22.7 Å². The average molecular weight is 553 g/mol. The van der Waals surface area contributed by atoms with Gasteiger partial charge in [0.2, 0.25) is 0 Å². The molecule has 184 valence electrons. The molecule has 2 aliphatic heterocycles. The Hall–Kier alpha value is -2.15. The van der Waals surface area contributed by atoms with Gasteiger partial charge >= 0.3 is 0 Å². The van der Waals surface area contributed by atoms with E-state index in [-0.39, 0.29) is 18.4 Å². The number of hydrogen-bond acceptors (Lipinski definition) is 6. The number of anilines is 1. The van der Waals surface area contributed by atoms with Gasteiger partial charge in [0.05, 0.1) is 28.7 Å². The number of carbonyl (C=O) groups excluding carboxylic acids is 2. The molecule has 1 aromatic carbocycles. The van der Waals surface area contributed by atoms with Crippen molar-refractivity contribution in [3.05, 3.63) is 50.8 Å². The highest BCUT2D eigenvalue weighted by Crippen LogP contribution is 2.40. The van der Waals surface area contributed by atoms with Crippen LogP contribution in [0, 0.1) is 13.8 Å². The molecule has 1 fully saturated rings. The third kappa shape index (κ3) is 5.40. The standard InChI is InChI=1S/C23H29BrN4O5S/c1-13-20(10-18-17-9-15(24)3-4-19(17)27-22(18)30)26-14(2)21(13)23(31)25-11-16(29)12-28-5-7-34(32,33)8-6-28/h3-4,9-10,16,26,29,32-33H,5-8,11-12H2,1-2H3,(H,25,31)(H,27,30)/b18-10-. The smallest absolute Gasteiger partial charge is 0.256 e. The lowest BCUT2D eigenvalue weighted by Crippen LogP contribution is -2.45. The average Bonchev–Trinajstić information content (AvgIpc) is 3.23. The lowest BCUT2D eigenvalue weighted by atomic mass is 10.0. The second-order valence-corrected chi connectivity index (χ2v) is 12.1. The highest BCUT2D eigenvalue weighted by molar-refractivity contribution is 9.10. The summed E-state index contributed by atoms with van der Waals surface area (Å²) < 4.78 is 20.3. The van der Waals surface area contributed by atoms with Crippen LogP contribution in [0.4, 0.5) is 5.69 Å². The van der Waals surface area contributed by atoms with Crippen molar-refractivity contribution in [2.75, 3.05) is 43.0 Å². The van der Waals surface area contributed by atoms with Crippen molar-refractivity contribution in [3.63, 3.8) is 0 Å². The van der Waals surface area contributed by atoms with Crippen LogP contribution in [0.3, 0.4) is 0 Å². The largest absolute Gasteiger partial charge is 0.390 e. The molecule has 34 heavy (non-hydrogen) atoms. The van der Waals surface area contributed by atoms with Crippen LogP contribution in [-0.4, -0.2) is 79.7 Å². The van der Waals surface area contributed by atoms with Gasteiger partial charge in [-0.25, -0.2) is 0 Å². The van der Waals surface area contributed by atoms with E-state index in [9.17, 15) is 23.8 Å². The van der Waals surface area contributed by atoms with Gasteiger partial charge in [0.25, 0.3) is 11.8 Å². The van der Waals surface area contributed by atoms with Crippen molar-refractivity contribution in [3.8, 4) is 0 Å². The number of β-amino-alcohol motifs (C(OH)–C–C–N with tert-alkyl or cyclic N) is 1. The Kier molecular flexibility index (Phi) is 7.22. The first-order chi connectivity index (χ1) is 16.0. The summed E-state index contributed by atoms with van der Waals surface area (Å²) in [5.74, 6) is 0.117. The van der Waals surface area contributed by atoms with Gasteiger partial charge in [0.15, 0.2) is 0 Å². The molecule has 0 spiro atoms. The van der Waals surface area contributed by atoms with E-state index in [1.165, 1.54) is 0 Å². The minimum Gasteiger partial charge on any atom is -0.390 e. The Morgan fingerprint density at radius 1 is 1.29 bits per heavy atom. The number of aromatic amines is 1. The molecular weight excluding hydrogens is 524 g/mol. The molecule has 2 amide bonds. The summed E-state index contributed by atoms with van der Waals surface area (Å²) in [6.45, 7) is 5.06. The Bertz CT molecular complexity index is 1150. The monoisotopic (exact) mass is 552 g/mol. The minimum absolute atomic E-state index is 0.0792. The number of hydrogen-bond donors (Lipinski definition) is 6. The van der Waals surface area contributed by atoms with Crippen molar-refractivity contribution in [2.24, 2.45) is 0 Å². The van der Waals surface area contributed by atoms with Gasteiger partial charge in [-0.3, -0.25) is 23.6 Å². The molecule has 0 bridgehead atoms. The molecule has 2 aliphatic rings. The number of aromatic nitrogens is 1. The first kappa shape index (κ1) is 25.0. The molecule has 0 saturated carbocycles. The molecule has 4 rings (SSSR count). The highest BCUT2D eigenvalue weighted by atomic mass is 79.9. The molecule has 1 saturated heterocycles. The van der Waals surface area contributed by atoms with E-state index >= 15 is 0 Å². The van der Waals surface area contributed by atoms with Gasteiger partial charge in [-0.05, 0) is 43.7 Å². The Morgan fingerprint density at radius 2 is 2.00 bits per heavy atom. The topological polar surface area (TPSA) is 138 Å². The number of rotatable bonds is 6. The van der Waals surface area contributed by atoms with Crippen molar-refractivity contribution in [1.82, 2.24) is 15.2 Å². The van der Waals surface area contributed by atoms with E-state index < -0.39 is 16.7 Å². The molecule has 9 nitrogen and oxygen atoms in total. The summed E-state index contributed by atoms with van der Waals surface area (Å²) in [6, 6.07) is 5.58. The molecule has 1 aromatic heterocycles. The zero-order chi connectivity index (χ0) is 24.6. The van der Waals surface area contributed by atoms with E-state index in [0.717, 1.165) is 21.3 Å². The number of amides is 2. The minimum atomic E-state index is -2.48. The summed E-state index contributed by atoms with van der Waals surface area (Å²) in [4.78, 5) is 30.6. The molecular formula is C23H29BrN4O5S. The zero-order valence-corrected chi connectivity index (χ0v) is 21.4. The second-order valence-electron chi connectivity index (χ2n) is 8.74. The Labute approximate surface area is 208 Å². The number of aryl methyl sites for hydroxylation is 1. The number of carbonyl (C=O) groups is 2. The van der Waals surface area contributed by atoms with E-state index in [2.05, 4.69) is 31.5 Å². The zero-order valence-electron chi connectivity index (χ0n) is 19.0. The molecule has 1 unspecified atom stereocenters. The van der Waals surface area contributed by atoms with Crippen LogP contribution < -0.4 is 10.6 Å². The number of H-pyrrole nitrogens is 1. The molecule has 1 atom stereocenters. The van der Waals surface area contributed by atoms with E-state index in [1.54, 1.807) is 13.0 Å². The fourth-order valence-corrected chi connectivity index (χ4v) is 5.98. The van der Waals surface area contributed by atoms with E-state index in [1.807, 2.05) is 30.0 Å². The summed E-state index contributed by atoms with van der Waals surface area (Å²) in [5, 5.41) is 16.0. The van der Waals surface area contributed by atoms with Gasteiger partial charge in [-0.2, -0.15) is 10.6 Å². The first-order valence-electron chi connectivity index (χ1n) is 11.0. The Balaban J connectivity index is 1.43. The first-order valence-corrected chi connectivity index (χ1v) is 13.7. The fraction of sp³-hybridized carbons (Fsp3) is 0.391. The SMILES string of the molecule is Cc1[nH]c(/C=C2\C(=O)Nc3ccc(Br)cc32)c(C)c1C(=O)NCC(O)CN1CCS(O)(O)CC1. The second kappa shape index (κ2) is 9.84. The van der Waals surface area contributed by atoms with Gasteiger partial charge in [0, 0.05) is 53.3 Å². The molecule has 2 aromatic rings. The highest BCUT2D eigenvalue weighted by Gasteiger charge is 2.27.